The fourth-order valence-corrected chi connectivity index (χ4v) is 3.29. The lowest BCUT2D eigenvalue weighted by atomic mass is 10.1. The van der Waals surface area contributed by atoms with E-state index in [0.717, 1.165) is 21.5 Å². The molecule has 0 amide bonds. The van der Waals surface area contributed by atoms with Crippen molar-refractivity contribution in [1.29, 1.82) is 0 Å². The lowest BCUT2D eigenvalue weighted by molar-refractivity contribution is 0.244. The average Bonchev–Trinajstić information content (AvgIpc) is 3.19. The van der Waals surface area contributed by atoms with E-state index in [1.54, 1.807) is 11.3 Å². The molecule has 0 saturated carbocycles. The lowest BCUT2D eigenvalue weighted by Gasteiger charge is -2.02. The first-order valence-corrected chi connectivity index (χ1v) is 8.37. The number of fused-ring (bicyclic) bond motifs is 1. The van der Waals surface area contributed by atoms with Crippen molar-refractivity contribution >= 4 is 21.6 Å². The van der Waals surface area contributed by atoms with Crippen molar-refractivity contribution in [2.24, 2.45) is 0 Å². The van der Waals surface area contributed by atoms with Crippen molar-refractivity contribution in [2.75, 3.05) is 0 Å². The van der Waals surface area contributed by atoms with Gasteiger partial charge < -0.3 is 9.26 Å². The van der Waals surface area contributed by atoms with Crippen LogP contribution in [-0.2, 0) is 6.61 Å². The summed E-state index contributed by atoms with van der Waals surface area (Å²) in [4.78, 5) is 10.6. The maximum atomic E-state index is 5.81. The fourth-order valence-electron chi connectivity index (χ4n) is 2.45. The molecule has 0 N–H and O–H groups in total. The molecule has 0 saturated heterocycles. The minimum Gasteiger partial charge on any atom is -0.469 e. The summed E-state index contributed by atoms with van der Waals surface area (Å²) in [6.07, 6.45) is 1.52. The Kier molecular flexibility index (Phi) is 3.74. The quantitative estimate of drug-likeness (QED) is 0.547. The predicted molar refractivity (Wildman–Crippen MR) is 93.2 cm³/mol. The zero-order valence-electron chi connectivity index (χ0n) is 13.3. The summed E-state index contributed by atoms with van der Waals surface area (Å²) in [6.45, 7) is 4.38. The Morgan fingerprint density at radius 1 is 1.08 bits per heavy atom. The second kappa shape index (κ2) is 6.05. The molecule has 120 valence electrons. The highest BCUT2D eigenvalue weighted by Gasteiger charge is 2.11. The van der Waals surface area contributed by atoms with Gasteiger partial charge in [-0.3, -0.25) is 0 Å². The zero-order chi connectivity index (χ0) is 16.5. The minimum atomic E-state index is 0.278. The van der Waals surface area contributed by atoms with Gasteiger partial charge >= 0.3 is 0 Å². The van der Waals surface area contributed by atoms with Gasteiger partial charge in [-0.2, -0.15) is 0 Å². The van der Waals surface area contributed by atoms with Gasteiger partial charge in [-0.1, -0.05) is 35.0 Å². The van der Waals surface area contributed by atoms with Crippen LogP contribution in [0.3, 0.4) is 0 Å². The van der Waals surface area contributed by atoms with E-state index in [9.17, 15) is 0 Å². The number of aryl methyl sites for hydroxylation is 2. The Labute approximate surface area is 142 Å². The monoisotopic (exact) mass is 337 g/mol. The van der Waals surface area contributed by atoms with E-state index in [1.165, 1.54) is 16.8 Å². The molecule has 0 aliphatic heterocycles. The minimum absolute atomic E-state index is 0.278. The third-order valence-electron chi connectivity index (χ3n) is 3.67. The zero-order valence-corrected chi connectivity index (χ0v) is 14.1. The Hall–Kier alpha value is -2.73. The van der Waals surface area contributed by atoms with Crippen molar-refractivity contribution in [2.45, 2.75) is 20.5 Å². The van der Waals surface area contributed by atoms with Crippen LogP contribution in [0.25, 0.3) is 21.5 Å². The predicted octanol–water partition coefficient (Wildman–Crippen LogP) is 4.54. The summed E-state index contributed by atoms with van der Waals surface area (Å²) >= 11 is 1.62. The van der Waals surface area contributed by atoms with Crippen molar-refractivity contribution in [3.8, 4) is 17.1 Å². The van der Waals surface area contributed by atoms with Crippen LogP contribution in [0.2, 0.25) is 0 Å². The van der Waals surface area contributed by atoms with Gasteiger partial charge in [0.2, 0.25) is 5.88 Å². The van der Waals surface area contributed by atoms with Gasteiger partial charge in [0, 0.05) is 16.5 Å². The molecule has 3 heterocycles. The van der Waals surface area contributed by atoms with Crippen molar-refractivity contribution in [3.63, 3.8) is 0 Å². The SMILES string of the molecule is Cc1ccc(-c2cc(COc3ncnc4sc(C)cc34)on2)cc1. The molecule has 0 unspecified atom stereocenters. The molecule has 5 nitrogen and oxygen atoms in total. The van der Waals surface area contributed by atoms with Crippen LogP contribution in [0.1, 0.15) is 16.2 Å². The van der Waals surface area contributed by atoms with Crippen LogP contribution in [0, 0.1) is 13.8 Å². The van der Waals surface area contributed by atoms with E-state index >= 15 is 0 Å². The number of aromatic nitrogens is 3. The van der Waals surface area contributed by atoms with Crippen LogP contribution in [0.4, 0.5) is 0 Å². The van der Waals surface area contributed by atoms with Crippen molar-refractivity contribution in [1.82, 2.24) is 15.1 Å². The number of thiophene rings is 1. The molecule has 0 spiro atoms. The molecule has 4 rings (SSSR count). The Bertz CT molecular complexity index is 989. The second-order valence-corrected chi connectivity index (χ2v) is 6.82. The van der Waals surface area contributed by atoms with Crippen LogP contribution in [0.15, 0.2) is 47.2 Å². The molecule has 0 fully saturated rings. The van der Waals surface area contributed by atoms with E-state index in [-0.39, 0.29) is 6.61 Å². The largest absolute Gasteiger partial charge is 0.469 e. The molecule has 24 heavy (non-hydrogen) atoms. The van der Waals surface area contributed by atoms with Gasteiger partial charge in [-0.05, 0) is 19.9 Å². The summed E-state index contributed by atoms with van der Waals surface area (Å²) in [5, 5.41) is 5.04. The maximum absolute atomic E-state index is 5.81. The summed E-state index contributed by atoms with van der Waals surface area (Å²) in [5.74, 6) is 1.22. The highest BCUT2D eigenvalue weighted by atomic mass is 32.1. The van der Waals surface area contributed by atoms with Gasteiger partial charge in [-0.25, -0.2) is 9.97 Å². The van der Waals surface area contributed by atoms with E-state index in [2.05, 4.69) is 34.2 Å². The third-order valence-corrected chi connectivity index (χ3v) is 4.63. The molecule has 3 aromatic heterocycles. The number of ether oxygens (including phenoxy) is 1. The van der Waals surface area contributed by atoms with Gasteiger partial charge in [0.25, 0.3) is 0 Å². The first-order chi connectivity index (χ1) is 11.7. The van der Waals surface area contributed by atoms with Crippen LogP contribution < -0.4 is 4.74 Å². The van der Waals surface area contributed by atoms with Crippen LogP contribution in [-0.4, -0.2) is 15.1 Å². The molecule has 0 aliphatic carbocycles. The molecule has 6 heteroatoms. The summed E-state index contributed by atoms with van der Waals surface area (Å²) < 4.78 is 11.2. The summed E-state index contributed by atoms with van der Waals surface area (Å²) in [7, 11) is 0. The van der Waals surface area contributed by atoms with E-state index in [0.29, 0.717) is 11.6 Å². The lowest BCUT2D eigenvalue weighted by Crippen LogP contribution is -1.96. The third kappa shape index (κ3) is 2.88. The van der Waals surface area contributed by atoms with Gasteiger partial charge in [0.05, 0.1) is 5.39 Å². The highest BCUT2D eigenvalue weighted by Crippen LogP contribution is 2.29. The summed E-state index contributed by atoms with van der Waals surface area (Å²) in [5.41, 5.74) is 3.03. The van der Waals surface area contributed by atoms with E-state index in [4.69, 9.17) is 9.26 Å². The standard InChI is InChI=1S/C18H15N3O2S/c1-11-3-5-13(6-4-11)16-8-14(23-21-16)9-22-17-15-7-12(2)24-18(15)20-10-19-17/h3-8,10H,9H2,1-2H3. The molecular formula is C18H15N3O2S. The van der Waals surface area contributed by atoms with Crippen LogP contribution in [0.5, 0.6) is 5.88 Å². The second-order valence-electron chi connectivity index (χ2n) is 5.59. The normalized spacial score (nSPS) is 11.1. The first kappa shape index (κ1) is 14.8. The topological polar surface area (TPSA) is 61.0 Å². The Balaban J connectivity index is 1.53. The molecule has 0 atom stereocenters. The van der Waals surface area contributed by atoms with Crippen molar-refractivity contribution in [3.05, 3.63) is 58.9 Å². The van der Waals surface area contributed by atoms with Crippen LogP contribution >= 0.6 is 11.3 Å². The first-order valence-electron chi connectivity index (χ1n) is 7.55. The van der Waals surface area contributed by atoms with E-state index < -0.39 is 0 Å². The fraction of sp³-hybridized carbons (Fsp3) is 0.167. The Morgan fingerprint density at radius 2 is 1.92 bits per heavy atom. The molecule has 1 aromatic carbocycles. The smallest absolute Gasteiger partial charge is 0.225 e. The highest BCUT2D eigenvalue weighted by molar-refractivity contribution is 7.18. The van der Waals surface area contributed by atoms with Crippen molar-refractivity contribution < 1.29 is 9.26 Å². The number of benzene rings is 1. The molecule has 4 aromatic rings. The Morgan fingerprint density at radius 3 is 2.75 bits per heavy atom. The van der Waals surface area contributed by atoms with Gasteiger partial charge in [0.15, 0.2) is 12.4 Å². The summed E-state index contributed by atoms with van der Waals surface area (Å²) in [6, 6.07) is 12.1. The molecule has 0 bridgehead atoms. The number of rotatable bonds is 4. The van der Waals surface area contributed by atoms with E-state index in [1.807, 2.05) is 31.2 Å². The molecular weight excluding hydrogens is 322 g/mol. The number of nitrogens with zero attached hydrogens (tertiary/aromatic N) is 3. The molecule has 0 radical (unpaired) electrons. The number of hydrogen-bond donors (Lipinski definition) is 0. The maximum Gasteiger partial charge on any atom is 0.225 e. The van der Waals surface area contributed by atoms with Gasteiger partial charge in [0.1, 0.15) is 16.9 Å². The van der Waals surface area contributed by atoms with Gasteiger partial charge in [-0.15, -0.1) is 11.3 Å². The average molecular weight is 337 g/mol. The number of hydrogen-bond acceptors (Lipinski definition) is 6. The molecule has 0 aliphatic rings.